The summed E-state index contributed by atoms with van der Waals surface area (Å²) in [5.74, 6) is 2.91. The van der Waals surface area contributed by atoms with Crippen LogP contribution in [0.5, 0.6) is 11.5 Å². The van der Waals surface area contributed by atoms with Gasteiger partial charge in [-0.1, -0.05) is 30.3 Å². The minimum absolute atomic E-state index is 0.0813. The fourth-order valence-electron chi connectivity index (χ4n) is 4.09. The minimum atomic E-state index is 0.0813. The lowest BCUT2D eigenvalue weighted by molar-refractivity contribution is 0.399. The molecule has 0 saturated heterocycles. The normalized spacial score (nSPS) is 11.8. The van der Waals surface area contributed by atoms with Crippen LogP contribution in [-0.2, 0) is 6.54 Å². The van der Waals surface area contributed by atoms with Gasteiger partial charge in [-0.25, -0.2) is 9.97 Å². The lowest BCUT2D eigenvalue weighted by Crippen LogP contribution is -2.10. The number of hydrogen-bond acceptors (Lipinski definition) is 7. The van der Waals surface area contributed by atoms with Gasteiger partial charge < -0.3 is 20.1 Å². The van der Waals surface area contributed by atoms with E-state index in [0.717, 1.165) is 39.6 Å². The van der Waals surface area contributed by atoms with Crippen LogP contribution >= 0.6 is 0 Å². The highest BCUT2D eigenvalue weighted by Gasteiger charge is 2.11. The number of nitrogens with zero attached hydrogens (tertiary/aromatic N) is 4. The molecule has 36 heavy (non-hydrogen) atoms. The Bertz CT molecular complexity index is 1470. The van der Waals surface area contributed by atoms with Crippen LogP contribution in [-0.4, -0.2) is 33.7 Å². The fraction of sp³-hybridized carbons (Fsp3) is 0.179. The summed E-state index contributed by atoms with van der Waals surface area (Å²) in [6.45, 7) is 2.68. The van der Waals surface area contributed by atoms with E-state index >= 15 is 0 Å². The van der Waals surface area contributed by atoms with Gasteiger partial charge in [0.25, 0.3) is 0 Å². The van der Waals surface area contributed by atoms with Gasteiger partial charge in [-0.3, -0.25) is 4.57 Å². The van der Waals surface area contributed by atoms with Crippen LogP contribution < -0.4 is 20.1 Å². The highest BCUT2D eigenvalue weighted by atomic mass is 16.5. The molecule has 0 unspecified atom stereocenters. The summed E-state index contributed by atoms with van der Waals surface area (Å²) in [7, 11) is 3.32. The van der Waals surface area contributed by atoms with Gasteiger partial charge in [-0.05, 0) is 55.0 Å². The Morgan fingerprint density at radius 2 is 1.78 bits per heavy atom. The molecule has 2 N–H and O–H groups in total. The van der Waals surface area contributed by atoms with Crippen LogP contribution in [0.4, 0.5) is 11.6 Å². The molecule has 0 saturated carbocycles. The lowest BCUT2D eigenvalue weighted by Gasteiger charge is -2.15. The number of hydrogen-bond donors (Lipinski definition) is 2. The zero-order chi connectivity index (χ0) is 24.9. The number of imidazole rings is 1. The number of methoxy groups -OCH3 is 2. The lowest BCUT2D eigenvalue weighted by atomic mass is 10.1. The molecule has 0 aliphatic heterocycles. The second-order valence-electron chi connectivity index (χ2n) is 8.36. The quantitative estimate of drug-likeness (QED) is 0.283. The number of aromatic nitrogens is 4. The van der Waals surface area contributed by atoms with Crippen molar-refractivity contribution in [1.29, 1.82) is 0 Å². The summed E-state index contributed by atoms with van der Waals surface area (Å²) in [5, 5.41) is 6.84. The van der Waals surface area contributed by atoms with Crippen molar-refractivity contribution in [1.82, 2.24) is 19.5 Å². The first-order chi connectivity index (χ1) is 17.6. The number of nitrogens with one attached hydrogen (secondary N) is 2. The number of fused-ring (bicyclic) bond motifs is 1. The topological polar surface area (TPSA) is 86.1 Å². The zero-order valence-corrected chi connectivity index (χ0v) is 20.5. The largest absolute Gasteiger partial charge is 0.497 e. The summed E-state index contributed by atoms with van der Waals surface area (Å²) >= 11 is 0. The molecule has 5 aromatic rings. The van der Waals surface area contributed by atoms with E-state index < -0.39 is 0 Å². The molecule has 0 amide bonds. The SMILES string of the molecule is COc1ccc(OC)c(CNc2ccc3c(c2)ncn3-c2ccnc(N[C@@H](C)c3ccccc3)n2)c1. The zero-order valence-electron chi connectivity index (χ0n) is 20.5. The van der Waals surface area contributed by atoms with Gasteiger partial charge in [0.05, 0.1) is 31.3 Å². The standard InChI is InChI=1S/C28H28N6O2/c1-19(20-7-5-4-6-8-20)32-28-29-14-13-27(33-28)34-18-31-24-16-22(9-11-25(24)34)30-17-21-15-23(35-2)10-12-26(21)36-3/h4-16,18-19,30H,17H2,1-3H3,(H,29,32,33)/t19-/m0/s1. The van der Waals surface area contributed by atoms with Crippen molar-refractivity contribution in [3.05, 3.63) is 96.4 Å². The van der Waals surface area contributed by atoms with Gasteiger partial charge in [0.1, 0.15) is 23.6 Å². The maximum atomic E-state index is 5.49. The first-order valence-corrected chi connectivity index (χ1v) is 11.7. The molecule has 8 heteroatoms. The molecule has 3 aromatic carbocycles. The molecule has 0 aliphatic carbocycles. The fourth-order valence-corrected chi connectivity index (χ4v) is 4.09. The van der Waals surface area contributed by atoms with Crippen LogP contribution in [0.25, 0.3) is 16.9 Å². The Labute approximate surface area is 210 Å². The van der Waals surface area contributed by atoms with Gasteiger partial charge in [0, 0.05) is 24.0 Å². The van der Waals surface area contributed by atoms with Crippen LogP contribution in [0.3, 0.4) is 0 Å². The number of rotatable bonds is 9. The molecule has 8 nitrogen and oxygen atoms in total. The van der Waals surface area contributed by atoms with Gasteiger partial charge in [-0.2, -0.15) is 4.98 Å². The molecular formula is C28H28N6O2. The Morgan fingerprint density at radius 1 is 0.917 bits per heavy atom. The highest BCUT2D eigenvalue weighted by Crippen LogP contribution is 2.26. The van der Waals surface area contributed by atoms with E-state index in [1.54, 1.807) is 26.7 Å². The van der Waals surface area contributed by atoms with Crippen molar-refractivity contribution in [2.75, 3.05) is 24.9 Å². The van der Waals surface area contributed by atoms with E-state index in [1.165, 1.54) is 5.56 Å². The molecule has 0 aliphatic rings. The van der Waals surface area contributed by atoms with Crippen molar-refractivity contribution in [3.8, 4) is 17.3 Å². The molecule has 0 spiro atoms. The molecule has 5 rings (SSSR count). The van der Waals surface area contributed by atoms with E-state index in [9.17, 15) is 0 Å². The summed E-state index contributed by atoms with van der Waals surface area (Å²) < 4.78 is 12.8. The van der Waals surface area contributed by atoms with E-state index in [1.807, 2.05) is 65.2 Å². The second-order valence-corrected chi connectivity index (χ2v) is 8.36. The van der Waals surface area contributed by atoms with E-state index in [4.69, 9.17) is 14.5 Å². The Balaban J connectivity index is 1.34. The maximum absolute atomic E-state index is 5.49. The van der Waals surface area contributed by atoms with Crippen molar-refractivity contribution in [3.63, 3.8) is 0 Å². The van der Waals surface area contributed by atoms with Gasteiger partial charge >= 0.3 is 0 Å². The summed E-state index contributed by atoms with van der Waals surface area (Å²) in [5.41, 5.74) is 4.96. The van der Waals surface area contributed by atoms with E-state index in [-0.39, 0.29) is 6.04 Å². The minimum Gasteiger partial charge on any atom is -0.497 e. The maximum Gasteiger partial charge on any atom is 0.225 e. The molecule has 1 atom stereocenters. The molecule has 2 heterocycles. The first kappa shape index (κ1) is 23.2. The van der Waals surface area contributed by atoms with Gasteiger partial charge in [0.2, 0.25) is 5.95 Å². The van der Waals surface area contributed by atoms with E-state index in [0.29, 0.717) is 12.5 Å². The third-order valence-corrected chi connectivity index (χ3v) is 6.05. The summed E-state index contributed by atoms with van der Waals surface area (Å²) in [6.07, 6.45) is 3.54. The Kier molecular flexibility index (Phi) is 6.66. The monoisotopic (exact) mass is 480 g/mol. The van der Waals surface area contributed by atoms with Crippen molar-refractivity contribution in [2.24, 2.45) is 0 Å². The van der Waals surface area contributed by atoms with Crippen LogP contribution in [0.1, 0.15) is 24.1 Å². The molecular weight excluding hydrogens is 452 g/mol. The second kappa shape index (κ2) is 10.4. The average molecular weight is 481 g/mol. The third kappa shape index (κ3) is 4.93. The van der Waals surface area contributed by atoms with Gasteiger partial charge in [-0.15, -0.1) is 0 Å². The van der Waals surface area contributed by atoms with Gasteiger partial charge in [0.15, 0.2) is 0 Å². The van der Waals surface area contributed by atoms with Crippen LogP contribution in [0, 0.1) is 0 Å². The predicted molar refractivity (Wildman–Crippen MR) is 142 cm³/mol. The number of ether oxygens (including phenoxy) is 2. The summed E-state index contributed by atoms with van der Waals surface area (Å²) in [4.78, 5) is 13.7. The van der Waals surface area contributed by atoms with Crippen LogP contribution in [0.15, 0.2) is 85.3 Å². The molecule has 2 aromatic heterocycles. The molecule has 0 radical (unpaired) electrons. The average Bonchev–Trinajstić information content (AvgIpc) is 3.35. The smallest absolute Gasteiger partial charge is 0.225 e. The van der Waals surface area contributed by atoms with E-state index in [2.05, 4.69) is 39.7 Å². The number of benzene rings is 3. The third-order valence-electron chi connectivity index (χ3n) is 6.05. The first-order valence-electron chi connectivity index (χ1n) is 11.7. The molecule has 182 valence electrons. The van der Waals surface area contributed by atoms with Crippen molar-refractivity contribution < 1.29 is 9.47 Å². The highest BCUT2D eigenvalue weighted by molar-refractivity contribution is 5.81. The van der Waals surface area contributed by atoms with Crippen LogP contribution in [0.2, 0.25) is 0 Å². The van der Waals surface area contributed by atoms with Crippen molar-refractivity contribution >= 4 is 22.7 Å². The Morgan fingerprint density at radius 3 is 2.58 bits per heavy atom. The van der Waals surface area contributed by atoms with Crippen molar-refractivity contribution in [2.45, 2.75) is 19.5 Å². The molecule has 0 bridgehead atoms. The molecule has 0 fully saturated rings. The number of anilines is 2. The predicted octanol–water partition coefficient (Wildman–Crippen LogP) is 5.62. The summed E-state index contributed by atoms with van der Waals surface area (Å²) in [6, 6.07) is 24.0. The Hall–Kier alpha value is -4.59.